The highest BCUT2D eigenvalue weighted by Gasteiger charge is 2.30. The topological polar surface area (TPSA) is 190 Å². The van der Waals surface area contributed by atoms with E-state index in [0.717, 1.165) is 0 Å². The van der Waals surface area contributed by atoms with Crippen molar-refractivity contribution >= 4 is 23.6 Å². The van der Waals surface area contributed by atoms with Crippen LogP contribution < -0.4 is 25.4 Å². The number of amides is 4. The molecule has 1 aliphatic rings. The van der Waals surface area contributed by atoms with Crippen molar-refractivity contribution in [3.05, 3.63) is 65.7 Å². The first-order valence-electron chi connectivity index (χ1n) is 16.5. The second-order valence-corrected chi connectivity index (χ2v) is 12.4. The van der Waals surface area contributed by atoms with Gasteiger partial charge >= 0.3 is 0 Å². The average molecular weight is 679 g/mol. The summed E-state index contributed by atoms with van der Waals surface area (Å²) in [7, 11) is 1.48. The third-order valence-electron chi connectivity index (χ3n) is 7.92. The molecule has 15 heteroatoms. The van der Waals surface area contributed by atoms with E-state index in [1.54, 1.807) is 52.3 Å². The number of carbonyl (C=O) groups excluding carboxylic acids is 4. The van der Waals surface area contributed by atoms with Crippen LogP contribution in [0.2, 0.25) is 0 Å². The van der Waals surface area contributed by atoms with E-state index < -0.39 is 35.9 Å². The molecule has 0 spiro atoms. The molecule has 0 unspecified atom stereocenters. The molecule has 4 N–H and O–H groups in total. The van der Waals surface area contributed by atoms with Gasteiger partial charge in [0.25, 0.3) is 11.8 Å². The average Bonchev–Trinajstić information content (AvgIpc) is 3.54. The lowest BCUT2D eigenvalue weighted by Gasteiger charge is -2.26. The molecule has 3 heterocycles. The van der Waals surface area contributed by atoms with E-state index in [9.17, 15) is 24.3 Å². The maximum atomic E-state index is 13.4. The van der Waals surface area contributed by atoms with E-state index in [1.165, 1.54) is 20.1 Å². The number of aryl methyl sites for hydroxylation is 1. The van der Waals surface area contributed by atoms with Crippen molar-refractivity contribution < 1.29 is 33.8 Å². The molecular formula is C34H46N8O7. The van der Waals surface area contributed by atoms with Crippen molar-refractivity contribution in [3.8, 4) is 11.5 Å². The van der Waals surface area contributed by atoms with Gasteiger partial charge in [0.2, 0.25) is 11.8 Å². The molecule has 4 rings (SSSR count). The third kappa shape index (κ3) is 10.7. The Hall–Kier alpha value is -5.05. The number of nitrogens with zero attached hydrogens (tertiary/aromatic N) is 5. The van der Waals surface area contributed by atoms with Gasteiger partial charge in [-0.1, -0.05) is 25.1 Å². The molecule has 0 aliphatic carbocycles. The number of carbonyl (C=O) groups is 4. The van der Waals surface area contributed by atoms with Crippen LogP contribution in [0.5, 0.6) is 11.5 Å². The molecule has 3 atom stereocenters. The van der Waals surface area contributed by atoms with E-state index in [0.29, 0.717) is 61.8 Å². The summed E-state index contributed by atoms with van der Waals surface area (Å²) in [5.41, 5.74) is 1.12. The summed E-state index contributed by atoms with van der Waals surface area (Å²) in [5, 5.41) is 27.0. The minimum atomic E-state index is -1.25. The zero-order valence-electron chi connectivity index (χ0n) is 28.4. The molecule has 2 aromatic heterocycles. The van der Waals surface area contributed by atoms with E-state index in [2.05, 4.69) is 31.2 Å². The molecule has 0 saturated carbocycles. The molecule has 0 saturated heterocycles. The Labute approximate surface area is 285 Å². The lowest BCUT2D eigenvalue weighted by atomic mass is 10.0. The number of rotatable bonds is 5. The van der Waals surface area contributed by atoms with Crippen LogP contribution in [-0.2, 0) is 22.7 Å². The van der Waals surface area contributed by atoms with Crippen LogP contribution in [0.15, 0.2) is 48.8 Å². The second kappa shape index (κ2) is 17.9. The molecule has 15 nitrogen and oxygen atoms in total. The van der Waals surface area contributed by atoms with Gasteiger partial charge in [-0.25, -0.2) is 0 Å². The van der Waals surface area contributed by atoms with Crippen LogP contribution >= 0.6 is 0 Å². The molecule has 264 valence electrons. The Balaban J connectivity index is 1.58. The number of aromatic nitrogens is 4. The summed E-state index contributed by atoms with van der Waals surface area (Å²) in [6, 6.07) is 7.61. The monoisotopic (exact) mass is 678 g/mol. The molecular weight excluding hydrogens is 632 g/mol. The smallest absolute Gasteiger partial charge is 0.272 e. The fraction of sp³-hybridized carbons (Fsp3) is 0.500. The number of benzene rings is 1. The molecule has 1 aliphatic heterocycles. The Morgan fingerprint density at radius 3 is 2.55 bits per heavy atom. The fourth-order valence-electron chi connectivity index (χ4n) is 5.34. The van der Waals surface area contributed by atoms with E-state index >= 15 is 0 Å². The van der Waals surface area contributed by atoms with Gasteiger partial charge in [0, 0.05) is 37.9 Å². The van der Waals surface area contributed by atoms with Gasteiger partial charge in [0.05, 0.1) is 19.4 Å². The number of pyridine rings is 1. The van der Waals surface area contributed by atoms with Gasteiger partial charge in [-0.05, 0) is 68.9 Å². The predicted octanol–water partition coefficient (Wildman–Crippen LogP) is 1.71. The summed E-state index contributed by atoms with van der Waals surface area (Å²) in [6.07, 6.45) is 4.13. The van der Waals surface area contributed by atoms with Gasteiger partial charge in [-0.2, -0.15) is 0 Å². The molecule has 49 heavy (non-hydrogen) atoms. The van der Waals surface area contributed by atoms with Crippen molar-refractivity contribution in [2.45, 2.75) is 77.8 Å². The zero-order chi connectivity index (χ0) is 35.3. The maximum absolute atomic E-state index is 13.4. The minimum Gasteiger partial charge on any atom is -0.493 e. The molecule has 4 amide bonds. The Morgan fingerprint density at radius 1 is 1.04 bits per heavy atom. The van der Waals surface area contributed by atoms with Crippen molar-refractivity contribution in [1.29, 1.82) is 0 Å². The number of ether oxygens (including phenoxy) is 2. The van der Waals surface area contributed by atoms with Crippen molar-refractivity contribution in [2.75, 3.05) is 26.7 Å². The van der Waals surface area contributed by atoms with Gasteiger partial charge < -0.3 is 35.4 Å². The van der Waals surface area contributed by atoms with Crippen LogP contribution in [-0.4, -0.2) is 98.5 Å². The number of aliphatic hydroxyl groups excluding tert-OH is 1. The van der Waals surface area contributed by atoms with Crippen molar-refractivity contribution in [1.82, 2.24) is 40.8 Å². The Kier molecular flexibility index (Phi) is 13.4. The number of nitrogens with one attached hydrogen (secondary N) is 3. The zero-order valence-corrected chi connectivity index (χ0v) is 28.4. The van der Waals surface area contributed by atoms with Crippen LogP contribution in [0.1, 0.15) is 73.0 Å². The van der Waals surface area contributed by atoms with Gasteiger partial charge in [0.1, 0.15) is 30.1 Å². The quantitative estimate of drug-likeness (QED) is 0.309. The lowest BCUT2D eigenvalue weighted by molar-refractivity contribution is -0.132. The minimum absolute atomic E-state index is 0.0222. The van der Waals surface area contributed by atoms with Crippen LogP contribution in [0.25, 0.3) is 0 Å². The second-order valence-electron chi connectivity index (χ2n) is 12.4. The first kappa shape index (κ1) is 36.8. The first-order chi connectivity index (χ1) is 23.5. The van der Waals surface area contributed by atoms with E-state index in [-0.39, 0.29) is 37.0 Å². The van der Waals surface area contributed by atoms with Crippen molar-refractivity contribution in [2.24, 2.45) is 5.92 Å². The Bertz CT molecular complexity index is 1560. The largest absolute Gasteiger partial charge is 0.493 e. The summed E-state index contributed by atoms with van der Waals surface area (Å²) in [6.45, 7) is 6.90. The molecule has 0 fully saturated rings. The Morgan fingerprint density at radius 2 is 1.84 bits per heavy atom. The summed E-state index contributed by atoms with van der Waals surface area (Å²) in [5.74, 6) is -1.18. The molecule has 4 bridgehead atoms. The number of hydrogen-bond acceptors (Lipinski definition) is 10. The third-order valence-corrected chi connectivity index (χ3v) is 7.92. The van der Waals surface area contributed by atoms with Crippen molar-refractivity contribution in [3.63, 3.8) is 0 Å². The maximum Gasteiger partial charge on any atom is 0.272 e. The molecule has 3 aromatic rings. The van der Waals surface area contributed by atoms with E-state index in [4.69, 9.17) is 9.47 Å². The normalized spacial score (nSPS) is 19.5. The number of hydrogen-bond donors (Lipinski definition) is 4. The highest BCUT2D eigenvalue weighted by atomic mass is 16.5. The van der Waals surface area contributed by atoms with Crippen LogP contribution in [0.4, 0.5) is 0 Å². The summed E-state index contributed by atoms with van der Waals surface area (Å²) < 4.78 is 13.1. The molecule has 0 radical (unpaired) electrons. The van der Waals surface area contributed by atoms with E-state index in [1.807, 2.05) is 13.8 Å². The standard InChI is InChI=1S/C34H46N8O7/c1-22(2)18-27-32(45)38-30(23(3)43)33(46)36-14-7-8-15-41(34(47)26-10-5-6-13-35-26)16-9-17-42-20-25(39-40-42)21-49-29-19-24(31(44)37-27)11-12-28(29)48-4/h5-6,10-13,19-20,22-23,27,30,43H,7-9,14-18,21H2,1-4H3,(H,36,46)(H,37,44)(H,38,45)/t23-,27-,30+/m1/s1. The number of fused-ring (bicyclic) bond motifs is 4. The fourth-order valence-corrected chi connectivity index (χ4v) is 5.34. The SMILES string of the molecule is COc1ccc2cc1OCc1cn(nn1)CCCN(C(=O)c1ccccn1)CCCCNC(=O)[C@H]([C@@H](C)O)NC(=O)[C@@H](CC(C)C)NC2=O. The van der Waals surface area contributed by atoms with Gasteiger partial charge in [-0.15, -0.1) is 5.10 Å². The highest BCUT2D eigenvalue weighted by molar-refractivity contribution is 5.99. The highest BCUT2D eigenvalue weighted by Crippen LogP contribution is 2.29. The van der Waals surface area contributed by atoms with Gasteiger partial charge in [0.15, 0.2) is 11.5 Å². The number of aliphatic hydroxyl groups is 1. The predicted molar refractivity (Wildman–Crippen MR) is 179 cm³/mol. The summed E-state index contributed by atoms with van der Waals surface area (Å²) >= 11 is 0. The lowest BCUT2D eigenvalue weighted by Crippen LogP contribution is -2.57. The molecule has 1 aromatic carbocycles. The summed E-state index contributed by atoms with van der Waals surface area (Å²) in [4.78, 5) is 59.2. The van der Waals surface area contributed by atoms with Gasteiger partial charge in [-0.3, -0.25) is 28.8 Å². The number of methoxy groups -OCH3 is 1. The van der Waals surface area contributed by atoms with Crippen LogP contribution in [0.3, 0.4) is 0 Å². The van der Waals surface area contributed by atoms with Crippen LogP contribution in [0, 0.1) is 5.92 Å². The first-order valence-corrected chi connectivity index (χ1v) is 16.5.